The lowest BCUT2D eigenvalue weighted by molar-refractivity contribution is -0.156. The average Bonchev–Trinajstić information content (AvgIpc) is 3.04. The quantitative estimate of drug-likeness (QED) is 0.540. The first-order valence-electron chi connectivity index (χ1n) is 8.97. The highest BCUT2D eigenvalue weighted by molar-refractivity contribution is 5.69. The van der Waals surface area contributed by atoms with E-state index in [4.69, 9.17) is 9.15 Å². The van der Waals surface area contributed by atoms with Crippen LogP contribution in [0.5, 0.6) is 0 Å². The molecule has 0 bridgehead atoms. The van der Waals surface area contributed by atoms with Gasteiger partial charge < -0.3 is 9.15 Å². The normalized spacial score (nSPS) is 13.4. The summed E-state index contributed by atoms with van der Waals surface area (Å²) in [5.41, 5.74) is 0.493. The van der Waals surface area contributed by atoms with E-state index in [2.05, 4.69) is 0 Å². The van der Waals surface area contributed by atoms with Crippen LogP contribution in [0.25, 0.3) is 0 Å². The molecule has 1 heterocycles. The van der Waals surface area contributed by atoms with Crippen molar-refractivity contribution in [2.45, 2.75) is 64.1 Å². The summed E-state index contributed by atoms with van der Waals surface area (Å²) >= 11 is 0. The van der Waals surface area contributed by atoms with Gasteiger partial charge in [-0.15, -0.1) is 0 Å². The van der Waals surface area contributed by atoms with E-state index < -0.39 is 17.5 Å². The fraction of sp³-hybridized carbons (Fsp3) is 0.476. The number of esters is 1. The molecule has 0 saturated carbocycles. The molecule has 0 saturated heterocycles. The third-order valence-electron chi connectivity index (χ3n) is 4.05. The summed E-state index contributed by atoms with van der Waals surface area (Å²) in [6, 6.07) is 12.0. The molecular formula is C21H25F3O3. The van der Waals surface area contributed by atoms with Crippen LogP contribution in [0.1, 0.15) is 63.0 Å². The zero-order valence-electron chi connectivity index (χ0n) is 15.8. The van der Waals surface area contributed by atoms with Gasteiger partial charge in [-0.1, -0.05) is 30.3 Å². The van der Waals surface area contributed by atoms with E-state index in [-0.39, 0.29) is 24.1 Å². The maximum Gasteiger partial charge on any atom is 0.449 e. The van der Waals surface area contributed by atoms with Crippen LogP contribution in [-0.4, -0.2) is 11.6 Å². The Morgan fingerprint density at radius 2 is 1.70 bits per heavy atom. The molecule has 0 aliphatic carbocycles. The Morgan fingerprint density at radius 3 is 2.26 bits per heavy atom. The van der Waals surface area contributed by atoms with Gasteiger partial charge in [-0.25, -0.2) is 0 Å². The second-order valence-corrected chi connectivity index (χ2v) is 7.55. The van der Waals surface area contributed by atoms with Crippen molar-refractivity contribution in [1.82, 2.24) is 0 Å². The molecule has 1 aromatic carbocycles. The molecular weight excluding hydrogens is 357 g/mol. The summed E-state index contributed by atoms with van der Waals surface area (Å²) in [6.45, 7) is 5.33. The van der Waals surface area contributed by atoms with Crippen LogP contribution in [0.4, 0.5) is 13.2 Å². The van der Waals surface area contributed by atoms with Crippen molar-refractivity contribution >= 4 is 5.97 Å². The second kappa shape index (κ2) is 8.63. The lowest BCUT2D eigenvalue weighted by atomic mass is 9.93. The maximum absolute atomic E-state index is 12.8. The third kappa shape index (κ3) is 7.12. The predicted molar refractivity (Wildman–Crippen MR) is 96.3 cm³/mol. The van der Waals surface area contributed by atoms with Crippen molar-refractivity contribution in [2.24, 2.45) is 0 Å². The first-order valence-corrected chi connectivity index (χ1v) is 8.97. The minimum atomic E-state index is -4.52. The number of carbonyl (C=O) groups is 1. The van der Waals surface area contributed by atoms with Crippen molar-refractivity contribution in [3.63, 3.8) is 0 Å². The molecule has 2 aromatic rings. The van der Waals surface area contributed by atoms with Gasteiger partial charge >= 0.3 is 12.1 Å². The molecule has 6 heteroatoms. The van der Waals surface area contributed by atoms with E-state index in [0.717, 1.165) is 11.6 Å². The van der Waals surface area contributed by atoms with Gasteiger partial charge in [-0.3, -0.25) is 4.79 Å². The Balaban J connectivity index is 2.08. The largest absolute Gasteiger partial charge is 0.460 e. The summed E-state index contributed by atoms with van der Waals surface area (Å²) < 4.78 is 48.9. The van der Waals surface area contributed by atoms with E-state index in [1.54, 1.807) is 20.8 Å². The molecule has 0 N–H and O–H groups in total. The number of carbonyl (C=O) groups excluding carboxylic acids is 1. The third-order valence-corrected chi connectivity index (χ3v) is 4.05. The van der Waals surface area contributed by atoms with Crippen molar-refractivity contribution in [3.05, 3.63) is 59.5 Å². The van der Waals surface area contributed by atoms with Crippen LogP contribution >= 0.6 is 0 Å². The highest BCUT2D eigenvalue weighted by atomic mass is 19.4. The van der Waals surface area contributed by atoms with Crippen LogP contribution in [0, 0.1) is 0 Å². The average molecular weight is 382 g/mol. The smallest absolute Gasteiger partial charge is 0.449 e. The van der Waals surface area contributed by atoms with Crippen LogP contribution in [-0.2, 0) is 22.1 Å². The number of furan rings is 1. The van der Waals surface area contributed by atoms with Crippen LogP contribution in [0.2, 0.25) is 0 Å². The zero-order chi connectivity index (χ0) is 20.1. The Hall–Kier alpha value is -2.24. The van der Waals surface area contributed by atoms with Gasteiger partial charge in [0.2, 0.25) is 5.76 Å². The molecule has 0 aliphatic rings. The van der Waals surface area contributed by atoms with E-state index in [9.17, 15) is 18.0 Å². The van der Waals surface area contributed by atoms with Gasteiger partial charge in [0.1, 0.15) is 11.4 Å². The number of halogens is 3. The van der Waals surface area contributed by atoms with E-state index in [1.807, 2.05) is 30.3 Å². The first-order chi connectivity index (χ1) is 12.5. The van der Waals surface area contributed by atoms with Crippen molar-refractivity contribution in [3.8, 4) is 0 Å². The minimum Gasteiger partial charge on any atom is -0.460 e. The monoisotopic (exact) mass is 382 g/mol. The second-order valence-electron chi connectivity index (χ2n) is 7.55. The topological polar surface area (TPSA) is 39.4 Å². The lowest BCUT2D eigenvalue weighted by Gasteiger charge is -2.20. The molecule has 0 unspecified atom stereocenters. The Morgan fingerprint density at radius 1 is 1.04 bits per heavy atom. The Labute approximate surface area is 157 Å². The van der Waals surface area contributed by atoms with E-state index >= 15 is 0 Å². The standard InChI is InChI=1S/C21H25F3O3/c1-20(2,3)27-19(25)14-11-16(10-9-15-7-5-4-6-8-15)17-12-13-18(26-17)21(22,23)24/h4-8,12-13,16H,9-11,14H2,1-3H3/t16-/m0/s1. The SMILES string of the molecule is CC(C)(C)OC(=O)CC[C@H](CCc1ccccc1)c1ccc(C(F)(F)F)o1. The van der Waals surface area contributed by atoms with Gasteiger partial charge in [-0.05, 0) is 57.7 Å². The number of hydrogen-bond donors (Lipinski definition) is 0. The molecule has 1 aromatic heterocycles. The van der Waals surface area contributed by atoms with Crippen molar-refractivity contribution < 1.29 is 27.1 Å². The molecule has 27 heavy (non-hydrogen) atoms. The summed E-state index contributed by atoms with van der Waals surface area (Å²) in [6.07, 6.45) is -2.77. The fourth-order valence-electron chi connectivity index (χ4n) is 2.82. The lowest BCUT2D eigenvalue weighted by Crippen LogP contribution is -2.24. The molecule has 3 nitrogen and oxygen atoms in total. The van der Waals surface area contributed by atoms with Gasteiger partial charge in [0, 0.05) is 12.3 Å². The van der Waals surface area contributed by atoms with Gasteiger partial charge in [0.05, 0.1) is 0 Å². The van der Waals surface area contributed by atoms with E-state index in [1.165, 1.54) is 6.07 Å². The fourth-order valence-corrected chi connectivity index (χ4v) is 2.82. The number of ether oxygens (including phenoxy) is 1. The van der Waals surface area contributed by atoms with Crippen LogP contribution in [0.3, 0.4) is 0 Å². The minimum absolute atomic E-state index is 0.124. The summed E-state index contributed by atoms with van der Waals surface area (Å²) in [5.74, 6) is -1.43. The number of aryl methyl sites for hydroxylation is 1. The molecule has 0 radical (unpaired) electrons. The molecule has 0 amide bonds. The molecule has 0 aliphatic heterocycles. The summed E-state index contributed by atoms with van der Waals surface area (Å²) in [7, 11) is 0. The highest BCUT2D eigenvalue weighted by Gasteiger charge is 2.35. The van der Waals surface area contributed by atoms with Crippen molar-refractivity contribution in [2.75, 3.05) is 0 Å². The maximum atomic E-state index is 12.8. The number of rotatable bonds is 7. The van der Waals surface area contributed by atoms with Crippen molar-refractivity contribution in [1.29, 1.82) is 0 Å². The zero-order valence-corrected chi connectivity index (χ0v) is 15.8. The number of hydrogen-bond acceptors (Lipinski definition) is 3. The highest BCUT2D eigenvalue weighted by Crippen LogP contribution is 2.35. The van der Waals surface area contributed by atoms with E-state index in [0.29, 0.717) is 19.3 Å². The van der Waals surface area contributed by atoms with Gasteiger partial charge in [0.25, 0.3) is 0 Å². The predicted octanol–water partition coefficient (Wildman–Crippen LogP) is 6.14. The molecule has 0 fully saturated rings. The summed E-state index contributed by atoms with van der Waals surface area (Å²) in [5, 5.41) is 0. The Kier molecular flexibility index (Phi) is 6.73. The van der Waals surface area contributed by atoms with Crippen LogP contribution in [0.15, 0.2) is 46.9 Å². The Bertz CT molecular complexity index is 727. The molecule has 2 rings (SSSR count). The number of alkyl halides is 3. The molecule has 0 spiro atoms. The van der Waals surface area contributed by atoms with Crippen LogP contribution < -0.4 is 0 Å². The first kappa shape index (κ1) is 21.1. The molecule has 1 atom stereocenters. The summed E-state index contributed by atoms with van der Waals surface area (Å²) in [4.78, 5) is 12.0. The number of benzene rings is 1. The van der Waals surface area contributed by atoms with Gasteiger partial charge in [-0.2, -0.15) is 13.2 Å². The van der Waals surface area contributed by atoms with Gasteiger partial charge in [0.15, 0.2) is 0 Å². The molecule has 148 valence electrons.